The molecule has 34 heavy (non-hydrogen) atoms. The fourth-order valence-corrected chi connectivity index (χ4v) is 4.88. The molecule has 0 bridgehead atoms. The van der Waals surface area contributed by atoms with Gasteiger partial charge in [0.2, 0.25) is 5.91 Å². The van der Waals surface area contributed by atoms with Crippen molar-refractivity contribution in [3.8, 4) is 11.5 Å². The topological polar surface area (TPSA) is 88.4 Å². The predicted molar refractivity (Wildman–Crippen MR) is 129 cm³/mol. The Balaban J connectivity index is 1.29. The molecule has 9 nitrogen and oxygen atoms in total. The van der Waals surface area contributed by atoms with Crippen LogP contribution in [0.15, 0.2) is 42.5 Å². The second kappa shape index (κ2) is 10.7. The Morgan fingerprint density at radius 1 is 1.00 bits per heavy atom. The van der Waals surface area contributed by atoms with E-state index >= 15 is 0 Å². The first kappa shape index (κ1) is 23.8. The summed E-state index contributed by atoms with van der Waals surface area (Å²) in [7, 11) is 3.32. The molecule has 0 atom stereocenters. The number of hydrogen-bond acceptors (Lipinski definition) is 7. The molecule has 182 valence electrons. The van der Waals surface area contributed by atoms with Crippen LogP contribution in [0, 0.1) is 16.0 Å². The van der Waals surface area contributed by atoms with Crippen molar-refractivity contribution in [2.75, 3.05) is 58.4 Å². The number of nitro groups is 1. The highest BCUT2D eigenvalue weighted by molar-refractivity contribution is 5.79. The zero-order valence-electron chi connectivity index (χ0n) is 19.8. The number of methoxy groups -OCH3 is 2. The van der Waals surface area contributed by atoms with Crippen molar-refractivity contribution >= 4 is 17.3 Å². The van der Waals surface area contributed by atoms with Crippen LogP contribution in [0.1, 0.15) is 18.4 Å². The van der Waals surface area contributed by atoms with Gasteiger partial charge in [-0.1, -0.05) is 12.1 Å². The first-order valence-corrected chi connectivity index (χ1v) is 11.7. The normalized spacial score (nSPS) is 17.5. The largest absolute Gasteiger partial charge is 0.497 e. The number of piperidine rings is 1. The van der Waals surface area contributed by atoms with Gasteiger partial charge in [-0.25, -0.2) is 0 Å². The molecule has 0 N–H and O–H groups in total. The molecule has 0 saturated carbocycles. The molecule has 4 rings (SSSR count). The second-order valence-electron chi connectivity index (χ2n) is 8.79. The fraction of sp³-hybridized carbons (Fsp3) is 0.480. The van der Waals surface area contributed by atoms with Crippen LogP contribution in [0.4, 0.5) is 11.4 Å². The van der Waals surface area contributed by atoms with Gasteiger partial charge in [0, 0.05) is 63.4 Å². The van der Waals surface area contributed by atoms with Gasteiger partial charge in [0.15, 0.2) is 0 Å². The van der Waals surface area contributed by atoms with Crippen LogP contribution in [0.2, 0.25) is 0 Å². The van der Waals surface area contributed by atoms with Crippen LogP contribution in [0.5, 0.6) is 11.5 Å². The minimum Gasteiger partial charge on any atom is -0.497 e. The summed E-state index contributed by atoms with van der Waals surface area (Å²) in [4.78, 5) is 30.5. The Labute approximate surface area is 200 Å². The molecule has 0 radical (unpaired) electrons. The number of rotatable bonds is 7. The maximum atomic E-state index is 13.2. The summed E-state index contributed by atoms with van der Waals surface area (Å²) >= 11 is 0. The molecule has 2 heterocycles. The highest BCUT2D eigenvalue weighted by atomic mass is 16.6. The lowest BCUT2D eigenvalue weighted by Gasteiger charge is -2.39. The van der Waals surface area contributed by atoms with Crippen LogP contribution >= 0.6 is 0 Å². The summed E-state index contributed by atoms with van der Waals surface area (Å²) in [5, 5.41) is 11.4. The Morgan fingerprint density at radius 3 is 2.35 bits per heavy atom. The number of benzene rings is 2. The van der Waals surface area contributed by atoms with E-state index in [1.165, 1.54) is 6.07 Å². The quantitative estimate of drug-likeness (QED) is 0.456. The van der Waals surface area contributed by atoms with E-state index in [2.05, 4.69) is 4.90 Å². The van der Waals surface area contributed by atoms with Crippen molar-refractivity contribution in [2.45, 2.75) is 19.4 Å². The Kier molecular flexibility index (Phi) is 7.52. The maximum Gasteiger partial charge on any atom is 0.292 e. The fourth-order valence-electron chi connectivity index (χ4n) is 4.88. The first-order valence-electron chi connectivity index (χ1n) is 11.7. The molecule has 2 aliphatic rings. The van der Waals surface area contributed by atoms with E-state index < -0.39 is 0 Å². The lowest BCUT2D eigenvalue weighted by molar-refractivity contribution is -0.384. The maximum absolute atomic E-state index is 13.2. The standard InChI is InChI=1S/C25H32N4O5/c1-33-21-7-8-24(34-2)20(17-21)18-26-13-15-28(16-14-26)25(30)19-9-11-27(12-10-19)22-5-3-4-6-23(22)29(31)32/h3-8,17,19H,9-16,18H2,1-2H3. The number of amides is 1. The van der Waals surface area contributed by atoms with Gasteiger partial charge in [-0.05, 0) is 37.1 Å². The van der Waals surface area contributed by atoms with Crippen molar-refractivity contribution < 1.29 is 19.2 Å². The molecule has 2 fully saturated rings. The molecule has 2 aliphatic heterocycles. The van der Waals surface area contributed by atoms with Gasteiger partial charge in [0.1, 0.15) is 17.2 Å². The van der Waals surface area contributed by atoms with Crippen LogP contribution in [0.25, 0.3) is 0 Å². The number of hydrogen-bond donors (Lipinski definition) is 0. The third kappa shape index (κ3) is 5.25. The van der Waals surface area contributed by atoms with Crippen molar-refractivity contribution in [1.82, 2.24) is 9.80 Å². The molecule has 0 aromatic heterocycles. The number of carbonyl (C=O) groups excluding carboxylic acids is 1. The molecule has 0 aliphatic carbocycles. The number of carbonyl (C=O) groups is 1. The summed E-state index contributed by atoms with van der Waals surface area (Å²) in [6.45, 7) is 5.07. The lowest BCUT2D eigenvalue weighted by atomic mass is 9.94. The average Bonchev–Trinajstić information content (AvgIpc) is 2.88. The van der Waals surface area contributed by atoms with E-state index in [1.54, 1.807) is 26.4 Å². The van der Waals surface area contributed by atoms with Crippen LogP contribution < -0.4 is 14.4 Å². The summed E-state index contributed by atoms with van der Waals surface area (Å²) in [5.74, 6) is 1.83. The molecule has 2 saturated heterocycles. The molecule has 0 spiro atoms. The van der Waals surface area contributed by atoms with Gasteiger partial charge in [-0.15, -0.1) is 0 Å². The van der Waals surface area contributed by atoms with Crippen LogP contribution in [-0.4, -0.2) is 74.1 Å². The van der Waals surface area contributed by atoms with Crippen LogP contribution in [0.3, 0.4) is 0 Å². The van der Waals surface area contributed by atoms with Gasteiger partial charge >= 0.3 is 0 Å². The molecular formula is C25H32N4O5. The molecule has 9 heteroatoms. The second-order valence-corrected chi connectivity index (χ2v) is 8.79. The summed E-state index contributed by atoms with van der Waals surface area (Å²) < 4.78 is 10.8. The van der Waals surface area contributed by atoms with Crippen molar-refractivity contribution in [1.29, 1.82) is 0 Å². The van der Waals surface area contributed by atoms with Gasteiger partial charge < -0.3 is 19.3 Å². The van der Waals surface area contributed by atoms with E-state index in [0.717, 1.165) is 36.7 Å². The van der Waals surface area contributed by atoms with E-state index in [-0.39, 0.29) is 22.4 Å². The SMILES string of the molecule is COc1ccc(OC)c(CN2CCN(C(=O)C3CCN(c4ccccc4[N+](=O)[O-])CC3)CC2)c1. The third-order valence-electron chi connectivity index (χ3n) is 6.83. The van der Waals surface area contributed by atoms with E-state index in [1.807, 2.05) is 34.1 Å². The van der Waals surface area contributed by atoms with Crippen LogP contribution in [-0.2, 0) is 11.3 Å². The number of para-hydroxylation sites is 2. The summed E-state index contributed by atoms with van der Waals surface area (Å²) in [6.07, 6.45) is 1.43. The summed E-state index contributed by atoms with van der Waals surface area (Å²) in [6, 6.07) is 12.6. The predicted octanol–water partition coefficient (Wildman–Crippen LogP) is 3.17. The Hall–Kier alpha value is -3.33. The average molecular weight is 469 g/mol. The number of nitrogens with zero attached hydrogens (tertiary/aromatic N) is 4. The summed E-state index contributed by atoms with van der Waals surface area (Å²) in [5.41, 5.74) is 1.83. The molecule has 0 unspecified atom stereocenters. The minimum absolute atomic E-state index is 0.0240. The van der Waals surface area contributed by atoms with E-state index in [4.69, 9.17) is 9.47 Å². The lowest BCUT2D eigenvalue weighted by Crippen LogP contribution is -2.51. The number of anilines is 1. The zero-order valence-corrected chi connectivity index (χ0v) is 19.8. The number of ether oxygens (including phenoxy) is 2. The third-order valence-corrected chi connectivity index (χ3v) is 6.83. The molecular weight excluding hydrogens is 436 g/mol. The van der Waals surface area contributed by atoms with Gasteiger partial charge in [-0.2, -0.15) is 0 Å². The van der Waals surface area contributed by atoms with E-state index in [0.29, 0.717) is 44.7 Å². The van der Waals surface area contributed by atoms with Gasteiger partial charge in [0.05, 0.1) is 19.1 Å². The van der Waals surface area contributed by atoms with Gasteiger partial charge in [-0.3, -0.25) is 19.8 Å². The highest BCUT2D eigenvalue weighted by Gasteiger charge is 2.32. The smallest absolute Gasteiger partial charge is 0.292 e. The monoisotopic (exact) mass is 468 g/mol. The Morgan fingerprint density at radius 2 is 1.71 bits per heavy atom. The van der Waals surface area contributed by atoms with E-state index in [9.17, 15) is 14.9 Å². The van der Waals surface area contributed by atoms with Crippen molar-refractivity contribution in [3.05, 3.63) is 58.1 Å². The molecule has 2 aromatic carbocycles. The zero-order chi connectivity index (χ0) is 24.1. The number of nitro benzene ring substituents is 1. The van der Waals surface area contributed by atoms with Gasteiger partial charge in [0.25, 0.3) is 5.69 Å². The van der Waals surface area contributed by atoms with Crippen molar-refractivity contribution in [3.63, 3.8) is 0 Å². The molecule has 2 aromatic rings. The minimum atomic E-state index is -0.340. The number of piperazine rings is 1. The Bertz CT molecular complexity index is 1010. The molecule has 1 amide bonds. The first-order chi connectivity index (χ1) is 16.5. The van der Waals surface area contributed by atoms with Crippen molar-refractivity contribution in [2.24, 2.45) is 5.92 Å². The highest BCUT2D eigenvalue weighted by Crippen LogP contribution is 2.32.